The quantitative estimate of drug-likeness (QED) is 0.349. The molecule has 3 amide bonds. The van der Waals surface area contributed by atoms with Crippen LogP contribution in [0, 0.1) is 5.82 Å². The Morgan fingerprint density at radius 2 is 1.87 bits per heavy atom. The van der Waals surface area contributed by atoms with E-state index in [4.69, 9.17) is 16.3 Å². The minimum atomic E-state index is -0.548. The van der Waals surface area contributed by atoms with E-state index in [9.17, 15) is 14.0 Å². The standard InChI is InChI=1S/C23H15BrClFN2O3/c24-19-10-14(7-8-21(19)31-13-15-3-1-5-17(26)9-15)11-20-22(29)28(23(30)27-20)18-6-2-4-16(25)12-18/h1-12H,13H2,(H,27,30)/b20-11+. The van der Waals surface area contributed by atoms with E-state index in [-0.39, 0.29) is 18.1 Å². The van der Waals surface area contributed by atoms with Gasteiger partial charge in [-0.2, -0.15) is 0 Å². The Balaban J connectivity index is 1.50. The molecule has 0 aromatic heterocycles. The highest BCUT2D eigenvalue weighted by Gasteiger charge is 2.34. The zero-order chi connectivity index (χ0) is 22.0. The van der Waals surface area contributed by atoms with Gasteiger partial charge in [0.15, 0.2) is 0 Å². The van der Waals surface area contributed by atoms with Crippen LogP contribution in [-0.4, -0.2) is 11.9 Å². The normalized spacial score (nSPS) is 14.8. The number of anilines is 1. The van der Waals surface area contributed by atoms with Crippen molar-refractivity contribution in [1.29, 1.82) is 0 Å². The first-order chi connectivity index (χ1) is 14.9. The molecule has 1 heterocycles. The van der Waals surface area contributed by atoms with Crippen molar-refractivity contribution in [2.45, 2.75) is 6.61 Å². The minimum Gasteiger partial charge on any atom is -0.488 e. The summed E-state index contributed by atoms with van der Waals surface area (Å²) in [6, 6.07) is 17.4. The van der Waals surface area contributed by atoms with Crippen LogP contribution in [0.4, 0.5) is 14.9 Å². The number of hydrogen-bond donors (Lipinski definition) is 1. The van der Waals surface area contributed by atoms with Gasteiger partial charge in [-0.1, -0.05) is 35.9 Å². The Morgan fingerprint density at radius 3 is 2.61 bits per heavy atom. The summed E-state index contributed by atoms with van der Waals surface area (Å²) in [4.78, 5) is 26.1. The third kappa shape index (κ3) is 4.78. The maximum absolute atomic E-state index is 13.3. The molecule has 3 aromatic rings. The van der Waals surface area contributed by atoms with Gasteiger partial charge in [-0.15, -0.1) is 0 Å². The molecular weight excluding hydrogens is 487 g/mol. The summed E-state index contributed by atoms with van der Waals surface area (Å²) in [6.45, 7) is 0.208. The first kappa shape index (κ1) is 21.1. The Hall–Kier alpha value is -3.16. The SMILES string of the molecule is O=C1N/C(=C/c2ccc(OCc3cccc(F)c3)c(Br)c2)C(=O)N1c1cccc(Cl)c1. The topological polar surface area (TPSA) is 58.6 Å². The fraction of sp³-hybridized carbons (Fsp3) is 0.0435. The van der Waals surface area contributed by atoms with Crippen molar-refractivity contribution in [2.75, 3.05) is 4.90 Å². The highest BCUT2D eigenvalue weighted by atomic mass is 79.9. The summed E-state index contributed by atoms with van der Waals surface area (Å²) in [5.41, 5.74) is 1.92. The lowest BCUT2D eigenvalue weighted by molar-refractivity contribution is -0.113. The summed E-state index contributed by atoms with van der Waals surface area (Å²) in [5.74, 6) is -0.235. The number of nitrogens with one attached hydrogen (secondary N) is 1. The van der Waals surface area contributed by atoms with E-state index < -0.39 is 11.9 Å². The van der Waals surface area contributed by atoms with E-state index in [1.54, 1.807) is 60.7 Å². The molecule has 5 nitrogen and oxygen atoms in total. The second-order valence-electron chi connectivity index (χ2n) is 6.72. The van der Waals surface area contributed by atoms with Crippen LogP contribution < -0.4 is 15.0 Å². The zero-order valence-electron chi connectivity index (χ0n) is 15.9. The van der Waals surface area contributed by atoms with Gasteiger partial charge >= 0.3 is 6.03 Å². The molecule has 1 aliphatic heterocycles. The van der Waals surface area contributed by atoms with Crippen LogP contribution >= 0.6 is 27.5 Å². The molecule has 0 unspecified atom stereocenters. The molecule has 1 N–H and O–H groups in total. The molecule has 156 valence electrons. The van der Waals surface area contributed by atoms with Gasteiger partial charge in [0.05, 0.1) is 10.2 Å². The van der Waals surface area contributed by atoms with Crippen molar-refractivity contribution in [3.05, 3.63) is 98.9 Å². The lowest BCUT2D eigenvalue weighted by Crippen LogP contribution is -2.30. The molecule has 1 fully saturated rings. The summed E-state index contributed by atoms with van der Waals surface area (Å²) in [6.07, 6.45) is 1.58. The van der Waals surface area contributed by atoms with Crippen LogP contribution in [0.15, 0.2) is 76.9 Å². The number of imide groups is 1. The smallest absolute Gasteiger partial charge is 0.333 e. The van der Waals surface area contributed by atoms with Crippen LogP contribution in [0.5, 0.6) is 5.75 Å². The van der Waals surface area contributed by atoms with Gasteiger partial charge in [0.2, 0.25) is 0 Å². The largest absolute Gasteiger partial charge is 0.488 e. The van der Waals surface area contributed by atoms with Crippen molar-refractivity contribution in [2.24, 2.45) is 0 Å². The fourth-order valence-corrected chi connectivity index (χ4v) is 3.76. The zero-order valence-corrected chi connectivity index (χ0v) is 18.3. The molecular formula is C23H15BrClFN2O3. The summed E-state index contributed by atoms with van der Waals surface area (Å²) < 4.78 is 19.7. The van der Waals surface area contributed by atoms with Crippen molar-refractivity contribution in [3.63, 3.8) is 0 Å². The maximum atomic E-state index is 13.3. The second kappa shape index (κ2) is 8.91. The number of amides is 3. The summed E-state index contributed by atoms with van der Waals surface area (Å²) >= 11 is 9.41. The molecule has 1 saturated heterocycles. The number of ether oxygens (including phenoxy) is 1. The molecule has 0 atom stereocenters. The van der Waals surface area contributed by atoms with Gasteiger partial charge in [0.1, 0.15) is 23.9 Å². The molecule has 8 heteroatoms. The van der Waals surface area contributed by atoms with E-state index in [0.717, 1.165) is 4.90 Å². The van der Waals surface area contributed by atoms with E-state index >= 15 is 0 Å². The predicted octanol–water partition coefficient (Wildman–Crippen LogP) is 5.92. The molecule has 1 aliphatic rings. The highest BCUT2D eigenvalue weighted by molar-refractivity contribution is 9.10. The Kier molecular flexibility index (Phi) is 6.06. The van der Waals surface area contributed by atoms with Gasteiger partial charge in [0, 0.05) is 5.02 Å². The van der Waals surface area contributed by atoms with Crippen LogP contribution in [-0.2, 0) is 11.4 Å². The molecule has 0 saturated carbocycles. The highest BCUT2D eigenvalue weighted by Crippen LogP contribution is 2.29. The number of rotatable bonds is 5. The number of carbonyl (C=O) groups excluding carboxylic acids is 2. The lowest BCUT2D eigenvalue weighted by Gasteiger charge is -2.11. The third-order valence-electron chi connectivity index (χ3n) is 4.49. The fourth-order valence-electron chi connectivity index (χ4n) is 3.06. The second-order valence-corrected chi connectivity index (χ2v) is 8.01. The molecule has 4 rings (SSSR count). The van der Waals surface area contributed by atoms with Gasteiger partial charge < -0.3 is 10.1 Å². The van der Waals surface area contributed by atoms with E-state index in [0.29, 0.717) is 32.1 Å². The number of urea groups is 1. The monoisotopic (exact) mass is 500 g/mol. The maximum Gasteiger partial charge on any atom is 0.333 e. The Bertz CT molecular complexity index is 1210. The van der Waals surface area contributed by atoms with Crippen LogP contribution in [0.25, 0.3) is 6.08 Å². The Morgan fingerprint density at radius 1 is 1.06 bits per heavy atom. The number of carbonyl (C=O) groups is 2. The first-order valence-corrected chi connectivity index (χ1v) is 10.4. The predicted molar refractivity (Wildman–Crippen MR) is 120 cm³/mol. The lowest BCUT2D eigenvalue weighted by atomic mass is 10.1. The molecule has 0 spiro atoms. The Labute approximate surface area is 191 Å². The van der Waals surface area contributed by atoms with Crippen LogP contribution in [0.3, 0.4) is 0 Å². The van der Waals surface area contributed by atoms with Gasteiger partial charge in [0.25, 0.3) is 5.91 Å². The number of hydrogen-bond acceptors (Lipinski definition) is 3. The van der Waals surface area contributed by atoms with Gasteiger partial charge in [-0.3, -0.25) is 4.79 Å². The molecule has 0 bridgehead atoms. The van der Waals surface area contributed by atoms with Crippen molar-refractivity contribution >= 4 is 51.2 Å². The average Bonchev–Trinajstić information content (AvgIpc) is 3.00. The van der Waals surface area contributed by atoms with Crippen molar-refractivity contribution < 1.29 is 18.7 Å². The summed E-state index contributed by atoms with van der Waals surface area (Å²) in [5, 5.41) is 3.00. The first-order valence-electron chi connectivity index (χ1n) is 9.20. The van der Waals surface area contributed by atoms with Crippen molar-refractivity contribution in [1.82, 2.24) is 5.32 Å². The number of benzene rings is 3. The number of halogens is 3. The van der Waals surface area contributed by atoms with Crippen LogP contribution in [0.2, 0.25) is 5.02 Å². The van der Waals surface area contributed by atoms with Crippen LogP contribution in [0.1, 0.15) is 11.1 Å². The minimum absolute atomic E-state index is 0.144. The third-order valence-corrected chi connectivity index (χ3v) is 5.35. The van der Waals surface area contributed by atoms with Crippen molar-refractivity contribution in [3.8, 4) is 5.75 Å². The van der Waals surface area contributed by atoms with E-state index in [2.05, 4.69) is 21.2 Å². The van der Waals surface area contributed by atoms with E-state index in [1.165, 1.54) is 12.1 Å². The van der Waals surface area contributed by atoms with Gasteiger partial charge in [-0.05, 0) is 75.6 Å². The molecule has 0 radical (unpaired) electrons. The molecule has 0 aliphatic carbocycles. The average molecular weight is 502 g/mol. The number of nitrogens with zero attached hydrogens (tertiary/aromatic N) is 1. The van der Waals surface area contributed by atoms with Gasteiger partial charge in [-0.25, -0.2) is 14.1 Å². The molecule has 31 heavy (non-hydrogen) atoms. The van der Waals surface area contributed by atoms with E-state index in [1.807, 2.05) is 0 Å². The molecule has 3 aromatic carbocycles. The summed E-state index contributed by atoms with van der Waals surface area (Å²) in [7, 11) is 0.